The highest BCUT2D eigenvalue weighted by atomic mass is 15.3. The van der Waals surface area contributed by atoms with Gasteiger partial charge in [0.25, 0.3) is 0 Å². The average Bonchev–Trinajstić information content (AvgIpc) is 3.22. The molecule has 0 saturated heterocycles. The molecule has 1 aliphatic heterocycles. The van der Waals surface area contributed by atoms with E-state index in [2.05, 4.69) is 68.9 Å². The number of nitrogens with one attached hydrogen (secondary N) is 1. The fraction of sp³-hybridized carbons (Fsp3) is 0.562. The molecule has 0 unspecified atom stereocenters. The van der Waals surface area contributed by atoms with Crippen LogP contribution in [-0.4, -0.2) is 43.8 Å². The van der Waals surface area contributed by atoms with E-state index in [4.69, 9.17) is 4.99 Å². The highest BCUT2D eigenvalue weighted by Gasteiger charge is 2.17. The third-order valence-corrected chi connectivity index (χ3v) is 4.20. The monoisotopic (exact) mass is 315 g/mol. The maximum Gasteiger partial charge on any atom is 0.194 e. The molecule has 0 radical (unpaired) electrons. The molecule has 2 aromatic heterocycles. The van der Waals surface area contributed by atoms with Crippen LogP contribution in [0.25, 0.3) is 0 Å². The van der Waals surface area contributed by atoms with Crippen LogP contribution in [0.5, 0.6) is 0 Å². The van der Waals surface area contributed by atoms with E-state index in [1.807, 2.05) is 0 Å². The van der Waals surface area contributed by atoms with Crippen LogP contribution < -0.4 is 5.32 Å². The van der Waals surface area contributed by atoms with Crippen molar-refractivity contribution in [2.75, 3.05) is 13.6 Å². The summed E-state index contributed by atoms with van der Waals surface area (Å²) in [5.74, 6) is 2.95. The van der Waals surface area contributed by atoms with E-state index in [9.17, 15) is 0 Å². The first-order valence-corrected chi connectivity index (χ1v) is 8.19. The van der Waals surface area contributed by atoms with Gasteiger partial charge >= 0.3 is 0 Å². The van der Waals surface area contributed by atoms with Crippen LogP contribution in [0.4, 0.5) is 0 Å². The van der Waals surface area contributed by atoms with Crippen molar-refractivity contribution >= 4 is 5.96 Å². The number of aromatic nitrogens is 4. The average molecular weight is 315 g/mol. The number of guanidine groups is 1. The number of fused-ring (bicyclic) bond motifs is 1. The number of nitrogens with zero attached hydrogens (tertiary/aromatic N) is 6. The summed E-state index contributed by atoms with van der Waals surface area (Å²) >= 11 is 0. The lowest BCUT2D eigenvalue weighted by atomic mass is 10.4. The van der Waals surface area contributed by atoms with Crippen molar-refractivity contribution < 1.29 is 0 Å². The molecule has 0 bridgehead atoms. The Labute approximate surface area is 137 Å². The minimum atomic E-state index is 0.562. The molecule has 7 nitrogen and oxygen atoms in total. The zero-order valence-corrected chi connectivity index (χ0v) is 14.2. The first-order chi connectivity index (χ1) is 11.2. The Morgan fingerprint density at radius 3 is 3.04 bits per heavy atom. The fourth-order valence-corrected chi connectivity index (χ4v) is 2.92. The second-order valence-corrected chi connectivity index (χ2v) is 5.92. The molecule has 7 heteroatoms. The minimum absolute atomic E-state index is 0.562. The van der Waals surface area contributed by atoms with Crippen molar-refractivity contribution in [2.45, 2.75) is 39.4 Å². The van der Waals surface area contributed by atoms with Gasteiger partial charge in [0, 0.05) is 45.5 Å². The van der Waals surface area contributed by atoms with E-state index in [1.165, 1.54) is 5.69 Å². The van der Waals surface area contributed by atoms with Gasteiger partial charge in [-0.1, -0.05) is 0 Å². The number of aliphatic imine (C=N–C) groups is 1. The summed E-state index contributed by atoms with van der Waals surface area (Å²) < 4.78 is 4.33. The van der Waals surface area contributed by atoms with Crippen molar-refractivity contribution in [1.82, 2.24) is 29.5 Å². The van der Waals surface area contributed by atoms with Crippen molar-refractivity contribution in [3.8, 4) is 0 Å². The van der Waals surface area contributed by atoms with Gasteiger partial charge in [-0.25, -0.2) is 4.99 Å². The molecule has 23 heavy (non-hydrogen) atoms. The number of hydrogen-bond acceptors (Lipinski definition) is 3. The Morgan fingerprint density at radius 1 is 1.43 bits per heavy atom. The quantitative estimate of drug-likeness (QED) is 0.664. The molecule has 0 aromatic carbocycles. The predicted molar refractivity (Wildman–Crippen MR) is 90.0 cm³/mol. The minimum Gasteiger partial charge on any atom is -0.357 e. The van der Waals surface area contributed by atoms with Crippen molar-refractivity contribution in [1.29, 1.82) is 0 Å². The van der Waals surface area contributed by atoms with E-state index in [0.29, 0.717) is 6.54 Å². The Hall–Kier alpha value is -2.31. The first-order valence-electron chi connectivity index (χ1n) is 8.19. The van der Waals surface area contributed by atoms with E-state index in [0.717, 1.165) is 50.1 Å². The molecule has 3 heterocycles. The number of rotatable bonds is 5. The summed E-state index contributed by atoms with van der Waals surface area (Å²) in [4.78, 5) is 6.88. The van der Waals surface area contributed by atoms with Crippen LogP contribution >= 0.6 is 0 Å². The lowest BCUT2D eigenvalue weighted by molar-refractivity contribution is 0.461. The lowest BCUT2D eigenvalue weighted by Gasteiger charge is -2.22. The van der Waals surface area contributed by atoms with Gasteiger partial charge in [-0.15, -0.1) is 10.2 Å². The maximum atomic E-state index is 4.74. The molecule has 0 spiro atoms. The third-order valence-electron chi connectivity index (χ3n) is 4.20. The van der Waals surface area contributed by atoms with E-state index in [-0.39, 0.29) is 0 Å². The van der Waals surface area contributed by atoms with Crippen molar-refractivity contribution in [3.05, 3.63) is 35.7 Å². The summed E-state index contributed by atoms with van der Waals surface area (Å²) in [7, 11) is 4.12. The number of aryl methyl sites for hydroxylation is 2. The molecule has 2 aromatic rings. The van der Waals surface area contributed by atoms with Crippen molar-refractivity contribution in [3.63, 3.8) is 0 Å². The standard InChI is InChI=1S/C16H25N7/c1-4-17-16(22(3)12-13-7-5-9-21(13)2)18-11-15-20-19-14-8-6-10-23(14)15/h5,7,9H,4,6,8,10-12H2,1-3H3,(H,17,18). The van der Waals surface area contributed by atoms with Gasteiger partial charge in [0.15, 0.2) is 11.8 Å². The Kier molecular flexibility index (Phi) is 4.64. The highest BCUT2D eigenvalue weighted by molar-refractivity contribution is 5.79. The lowest BCUT2D eigenvalue weighted by Crippen LogP contribution is -2.38. The summed E-state index contributed by atoms with van der Waals surface area (Å²) in [6.07, 6.45) is 4.26. The Balaban J connectivity index is 1.70. The zero-order valence-electron chi connectivity index (χ0n) is 14.2. The summed E-state index contributed by atoms with van der Waals surface area (Å²) in [5.41, 5.74) is 1.25. The van der Waals surface area contributed by atoms with Gasteiger partial charge in [0.05, 0.1) is 6.54 Å². The first kappa shape index (κ1) is 15.6. The molecular weight excluding hydrogens is 290 g/mol. The molecule has 3 rings (SSSR count). The molecule has 0 aliphatic carbocycles. The van der Waals surface area contributed by atoms with E-state index in [1.54, 1.807) is 0 Å². The molecular formula is C16H25N7. The third kappa shape index (κ3) is 3.38. The van der Waals surface area contributed by atoms with Crippen LogP contribution in [0.2, 0.25) is 0 Å². The molecule has 0 amide bonds. The van der Waals surface area contributed by atoms with Crippen LogP contribution in [0.3, 0.4) is 0 Å². The van der Waals surface area contributed by atoms with Gasteiger partial charge in [0.2, 0.25) is 0 Å². The largest absolute Gasteiger partial charge is 0.357 e. The van der Waals surface area contributed by atoms with Gasteiger partial charge in [-0.2, -0.15) is 0 Å². The zero-order chi connectivity index (χ0) is 16.2. The summed E-state index contributed by atoms with van der Waals surface area (Å²) in [5, 5.41) is 11.9. The van der Waals surface area contributed by atoms with Crippen LogP contribution in [0, 0.1) is 0 Å². The van der Waals surface area contributed by atoms with Gasteiger partial charge in [0.1, 0.15) is 12.4 Å². The molecule has 0 atom stereocenters. The second-order valence-electron chi connectivity index (χ2n) is 5.92. The van der Waals surface area contributed by atoms with Crippen LogP contribution in [0.15, 0.2) is 23.3 Å². The van der Waals surface area contributed by atoms with Crippen molar-refractivity contribution in [2.24, 2.45) is 12.0 Å². The SMILES string of the molecule is CCNC(=NCc1nnc2n1CCC2)N(C)Cc1cccn1C. The van der Waals surface area contributed by atoms with E-state index < -0.39 is 0 Å². The van der Waals surface area contributed by atoms with Crippen LogP contribution in [0.1, 0.15) is 30.7 Å². The normalized spacial score (nSPS) is 14.1. The Bertz CT molecular complexity index is 682. The highest BCUT2D eigenvalue weighted by Crippen LogP contribution is 2.14. The molecule has 0 saturated carbocycles. The number of hydrogen-bond donors (Lipinski definition) is 1. The second kappa shape index (κ2) is 6.85. The topological polar surface area (TPSA) is 63.3 Å². The smallest absolute Gasteiger partial charge is 0.194 e. The molecule has 124 valence electrons. The van der Waals surface area contributed by atoms with E-state index >= 15 is 0 Å². The van der Waals surface area contributed by atoms with Crippen LogP contribution in [-0.2, 0) is 33.1 Å². The molecule has 1 N–H and O–H groups in total. The summed E-state index contributed by atoms with van der Waals surface area (Å²) in [6, 6.07) is 4.19. The van der Waals surface area contributed by atoms with Gasteiger partial charge < -0.3 is 19.4 Å². The maximum absolute atomic E-state index is 4.74. The molecule has 0 fully saturated rings. The fourth-order valence-electron chi connectivity index (χ4n) is 2.92. The van der Waals surface area contributed by atoms with Gasteiger partial charge in [-0.3, -0.25) is 0 Å². The predicted octanol–water partition coefficient (Wildman–Crippen LogP) is 1.16. The Morgan fingerprint density at radius 2 is 2.30 bits per heavy atom. The van der Waals surface area contributed by atoms with Gasteiger partial charge in [-0.05, 0) is 25.5 Å². The molecule has 1 aliphatic rings. The summed E-state index contributed by atoms with van der Waals surface area (Å²) in [6.45, 7) is 5.32.